The van der Waals surface area contributed by atoms with E-state index in [9.17, 15) is 0 Å². The SMILES string of the molecule is CCNCc1ccc(OCc2ncc(Cl)n2C)c(Cl)c1. The number of imidazole rings is 1. The van der Waals surface area contributed by atoms with Gasteiger partial charge in [0, 0.05) is 13.6 Å². The molecule has 0 unspecified atom stereocenters. The molecule has 0 fully saturated rings. The van der Waals surface area contributed by atoms with Crippen LogP contribution in [0.1, 0.15) is 18.3 Å². The van der Waals surface area contributed by atoms with Crippen molar-refractivity contribution >= 4 is 23.2 Å². The van der Waals surface area contributed by atoms with E-state index in [4.69, 9.17) is 27.9 Å². The fourth-order valence-electron chi connectivity index (χ4n) is 1.74. The maximum absolute atomic E-state index is 6.21. The number of benzene rings is 1. The number of hydrogen-bond acceptors (Lipinski definition) is 3. The summed E-state index contributed by atoms with van der Waals surface area (Å²) in [6.45, 7) is 4.12. The molecule has 2 rings (SSSR count). The van der Waals surface area contributed by atoms with Crippen LogP contribution in [0.15, 0.2) is 24.4 Å². The highest BCUT2D eigenvalue weighted by Crippen LogP contribution is 2.26. The lowest BCUT2D eigenvalue weighted by molar-refractivity contribution is 0.292. The number of ether oxygens (including phenoxy) is 1. The van der Waals surface area contributed by atoms with Gasteiger partial charge in [-0.3, -0.25) is 0 Å². The zero-order valence-corrected chi connectivity index (χ0v) is 13.0. The Balaban J connectivity index is 2.01. The van der Waals surface area contributed by atoms with Crippen LogP contribution in [0.4, 0.5) is 0 Å². The summed E-state index contributed by atoms with van der Waals surface area (Å²) in [6.07, 6.45) is 1.60. The van der Waals surface area contributed by atoms with E-state index in [1.54, 1.807) is 10.8 Å². The molecule has 1 aromatic carbocycles. The summed E-state index contributed by atoms with van der Waals surface area (Å²) in [4.78, 5) is 4.17. The fraction of sp³-hybridized carbons (Fsp3) is 0.357. The van der Waals surface area contributed by atoms with E-state index in [-0.39, 0.29) is 0 Å². The van der Waals surface area contributed by atoms with Crippen molar-refractivity contribution in [2.45, 2.75) is 20.1 Å². The first-order valence-corrected chi connectivity index (χ1v) is 7.15. The lowest BCUT2D eigenvalue weighted by Crippen LogP contribution is -2.11. The minimum Gasteiger partial charge on any atom is -0.484 e. The van der Waals surface area contributed by atoms with Crippen LogP contribution < -0.4 is 10.1 Å². The predicted molar refractivity (Wildman–Crippen MR) is 81.4 cm³/mol. The standard InChI is InChI=1S/C14H17Cl2N3O/c1-3-17-7-10-4-5-12(11(15)6-10)20-9-14-18-8-13(16)19(14)2/h4-6,8,17H,3,7,9H2,1-2H3. The second-order valence-electron chi connectivity index (χ2n) is 4.39. The first kappa shape index (κ1) is 15.2. The molecule has 1 heterocycles. The van der Waals surface area contributed by atoms with Crippen LogP contribution in [0, 0.1) is 0 Å². The summed E-state index contributed by atoms with van der Waals surface area (Å²) < 4.78 is 7.45. The van der Waals surface area contributed by atoms with Gasteiger partial charge in [-0.05, 0) is 24.2 Å². The second kappa shape index (κ2) is 6.97. The molecule has 1 aromatic heterocycles. The molecule has 0 aliphatic heterocycles. The largest absolute Gasteiger partial charge is 0.484 e. The van der Waals surface area contributed by atoms with Gasteiger partial charge in [0.1, 0.15) is 23.3 Å². The molecule has 0 aliphatic carbocycles. The lowest BCUT2D eigenvalue weighted by Gasteiger charge is -2.10. The Morgan fingerprint density at radius 1 is 1.35 bits per heavy atom. The molecule has 108 valence electrons. The molecular formula is C14H17Cl2N3O. The summed E-state index contributed by atoms with van der Waals surface area (Å²) >= 11 is 12.1. The summed E-state index contributed by atoms with van der Waals surface area (Å²) in [6, 6.07) is 5.78. The average Bonchev–Trinajstić information content (AvgIpc) is 2.76. The Morgan fingerprint density at radius 3 is 2.75 bits per heavy atom. The van der Waals surface area contributed by atoms with Crippen molar-refractivity contribution in [1.82, 2.24) is 14.9 Å². The third kappa shape index (κ3) is 3.66. The van der Waals surface area contributed by atoms with Gasteiger partial charge >= 0.3 is 0 Å². The molecule has 0 atom stereocenters. The van der Waals surface area contributed by atoms with Crippen LogP contribution in [-0.2, 0) is 20.2 Å². The number of hydrogen-bond donors (Lipinski definition) is 1. The van der Waals surface area contributed by atoms with E-state index in [1.807, 2.05) is 25.2 Å². The van der Waals surface area contributed by atoms with Gasteiger partial charge in [-0.1, -0.05) is 36.2 Å². The average molecular weight is 314 g/mol. The normalized spacial score (nSPS) is 10.8. The zero-order chi connectivity index (χ0) is 14.5. The van der Waals surface area contributed by atoms with Gasteiger partial charge < -0.3 is 14.6 Å². The van der Waals surface area contributed by atoms with Crippen molar-refractivity contribution in [3.8, 4) is 5.75 Å². The van der Waals surface area contributed by atoms with Crippen LogP contribution in [0.5, 0.6) is 5.75 Å². The summed E-state index contributed by atoms with van der Waals surface area (Å²) in [7, 11) is 1.84. The summed E-state index contributed by atoms with van der Waals surface area (Å²) in [5.74, 6) is 1.40. The van der Waals surface area contributed by atoms with Crippen molar-refractivity contribution in [3.63, 3.8) is 0 Å². The van der Waals surface area contributed by atoms with E-state index in [0.29, 0.717) is 22.5 Å². The van der Waals surface area contributed by atoms with Crippen molar-refractivity contribution in [2.24, 2.45) is 7.05 Å². The molecule has 0 bridgehead atoms. The molecule has 6 heteroatoms. The molecule has 0 aliphatic rings. The Bertz CT molecular complexity index is 584. The first-order chi connectivity index (χ1) is 9.61. The Morgan fingerprint density at radius 2 is 2.15 bits per heavy atom. The van der Waals surface area contributed by atoms with Crippen LogP contribution in [0.3, 0.4) is 0 Å². The third-order valence-electron chi connectivity index (χ3n) is 2.96. The fourth-order valence-corrected chi connectivity index (χ4v) is 2.15. The van der Waals surface area contributed by atoms with Crippen molar-refractivity contribution in [2.75, 3.05) is 6.54 Å². The maximum Gasteiger partial charge on any atom is 0.147 e. The van der Waals surface area contributed by atoms with E-state index in [2.05, 4.69) is 17.2 Å². The molecule has 0 saturated heterocycles. The number of nitrogens with one attached hydrogen (secondary N) is 1. The van der Waals surface area contributed by atoms with Gasteiger partial charge in [-0.15, -0.1) is 0 Å². The van der Waals surface area contributed by atoms with Gasteiger partial charge in [0.15, 0.2) is 0 Å². The van der Waals surface area contributed by atoms with Gasteiger partial charge in [0.2, 0.25) is 0 Å². The molecule has 0 saturated carbocycles. The van der Waals surface area contributed by atoms with Crippen molar-refractivity contribution < 1.29 is 4.74 Å². The van der Waals surface area contributed by atoms with Gasteiger partial charge in [0.25, 0.3) is 0 Å². The van der Waals surface area contributed by atoms with Crippen LogP contribution >= 0.6 is 23.2 Å². The molecule has 0 spiro atoms. The predicted octanol–water partition coefficient (Wildman–Crippen LogP) is 3.42. The molecule has 20 heavy (non-hydrogen) atoms. The molecule has 0 radical (unpaired) electrons. The summed E-state index contributed by atoms with van der Waals surface area (Å²) in [5, 5.41) is 4.43. The number of halogens is 2. The maximum atomic E-state index is 6.21. The molecule has 4 nitrogen and oxygen atoms in total. The van der Waals surface area contributed by atoms with Crippen molar-refractivity contribution in [1.29, 1.82) is 0 Å². The Labute approximate surface area is 128 Å². The quantitative estimate of drug-likeness (QED) is 0.888. The minimum absolute atomic E-state index is 0.329. The van der Waals surface area contributed by atoms with Crippen molar-refractivity contribution in [3.05, 3.63) is 46.0 Å². The van der Waals surface area contributed by atoms with Crippen LogP contribution in [0.2, 0.25) is 10.2 Å². The Kier molecular flexibility index (Phi) is 5.29. The van der Waals surface area contributed by atoms with E-state index >= 15 is 0 Å². The minimum atomic E-state index is 0.329. The lowest BCUT2D eigenvalue weighted by atomic mass is 10.2. The monoisotopic (exact) mass is 313 g/mol. The van der Waals surface area contributed by atoms with E-state index < -0.39 is 0 Å². The van der Waals surface area contributed by atoms with Crippen LogP contribution in [-0.4, -0.2) is 16.1 Å². The molecular weight excluding hydrogens is 297 g/mol. The van der Waals surface area contributed by atoms with E-state index in [1.165, 1.54) is 0 Å². The first-order valence-electron chi connectivity index (χ1n) is 6.40. The van der Waals surface area contributed by atoms with Crippen LogP contribution in [0.25, 0.3) is 0 Å². The number of aromatic nitrogens is 2. The number of rotatable bonds is 6. The molecule has 0 amide bonds. The second-order valence-corrected chi connectivity index (χ2v) is 5.18. The van der Waals surface area contributed by atoms with Gasteiger partial charge in [-0.25, -0.2) is 4.98 Å². The molecule has 2 aromatic rings. The van der Waals surface area contributed by atoms with Gasteiger partial charge in [-0.2, -0.15) is 0 Å². The zero-order valence-electron chi connectivity index (χ0n) is 11.5. The smallest absolute Gasteiger partial charge is 0.147 e. The Hall–Kier alpha value is -1.23. The third-order valence-corrected chi connectivity index (χ3v) is 3.61. The summed E-state index contributed by atoms with van der Waals surface area (Å²) in [5.41, 5.74) is 1.13. The van der Waals surface area contributed by atoms with Gasteiger partial charge in [0.05, 0.1) is 11.2 Å². The highest BCUT2D eigenvalue weighted by molar-refractivity contribution is 6.32. The highest BCUT2D eigenvalue weighted by Gasteiger charge is 2.07. The number of nitrogens with zero attached hydrogens (tertiary/aromatic N) is 2. The topological polar surface area (TPSA) is 39.1 Å². The highest BCUT2D eigenvalue weighted by atomic mass is 35.5. The van der Waals surface area contributed by atoms with E-state index in [0.717, 1.165) is 24.5 Å². The molecule has 1 N–H and O–H groups in total.